The zero-order valence-electron chi connectivity index (χ0n) is 61.7. The van der Waals surface area contributed by atoms with E-state index < -0.39 is 181 Å². The number of rotatable bonds is 47. The molecule has 1 aromatic heterocycles. The topological polar surface area (TPSA) is 610 Å². The van der Waals surface area contributed by atoms with Crippen molar-refractivity contribution in [2.75, 3.05) is 13.1 Å². The van der Waals surface area contributed by atoms with Crippen LogP contribution in [0.5, 0.6) is 5.75 Å². The number of aliphatic imine (C=N–C) groups is 1. The Bertz CT molecular complexity index is 3760. The van der Waals surface area contributed by atoms with Crippen molar-refractivity contribution in [3.8, 4) is 5.75 Å². The summed E-state index contributed by atoms with van der Waals surface area (Å²) in [6.07, 6.45) is -2.10. The van der Waals surface area contributed by atoms with Crippen molar-refractivity contribution in [1.82, 2.24) is 63.5 Å². The summed E-state index contributed by atoms with van der Waals surface area (Å²) >= 11 is 0. The second-order valence-electron chi connectivity index (χ2n) is 27.3. The van der Waals surface area contributed by atoms with Crippen molar-refractivity contribution in [1.29, 1.82) is 0 Å². The van der Waals surface area contributed by atoms with Crippen molar-refractivity contribution in [2.24, 2.45) is 45.5 Å². The predicted octanol–water partition coefficient (Wildman–Crippen LogP) is -2.92. The fourth-order valence-corrected chi connectivity index (χ4v) is 11.2. The molecule has 0 aliphatic heterocycles. The highest BCUT2D eigenvalue weighted by molar-refractivity contribution is 6.00. The van der Waals surface area contributed by atoms with Crippen LogP contribution in [-0.4, -0.2) is 206 Å². The molecule has 36 heteroatoms. The average molecular weight is 1510 g/mol. The summed E-state index contributed by atoms with van der Waals surface area (Å²) in [7, 11) is 0. The number of aromatic nitrogens is 1. The van der Waals surface area contributed by atoms with Crippen LogP contribution in [0.2, 0.25) is 0 Å². The molecule has 0 saturated carbocycles. The number of hydrogen-bond donors (Lipinski definition) is 21. The highest BCUT2D eigenvalue weighted by Gasteiger charge is 2.38. The van der Waals surface area contributed by atoms with E-state index in [-0.39, 0.29) is 94.4 Å². The van der Waals surface area contributed by atoms with Gasteiger partial charge in [-0.05, 0) is 125 Å². The average Bonchev–Trinajstić information content (AvgIpc) is 1.54. The first-order valence-electron chi connectivity index (χ1n) is 35.6. The van der Waals surface area contributed by atoms with Crippen LogP contribution < -0.4 is 87.2 Å². The number of carbonyl (C=O) groups is 14. The number of H-pyrrole nitrogens is 1. The smallest absolute Gasteiger partial charge is 0.326 e. The number of nitrogens with zero attached hydrogens (tertiary/aromatic N) is 1. The molecule has 12 amide bonds. The third-order valence-electron chi connectivity index (χ3n) is 17.1. The molecular weight excluding hydrogens is 1400 g/mol. The first kappa shape index (κ1) is 89.1. The first-order valence-corrected chi connectivity index (χ1v) is 35.6. The Labute approximate surface area is 624 Å². The Morgan fingerprint density at radius 2 is 0.870 bits per heavy atom. The van der Waals surface area contributed by atoms with E-state index in [0.717, 1.165) is 0 Å². The number of primary amides is 1. The third kappa shape index (κ3) is 31.0. The molecule has 13 atom stereocenters. The van der Waals surface area contributed by atoms with Gasteiger partial charge in [0.25, 0.3) is 0 Å². The van der Waals surface area contributed by atoms with Gasteiger partial charge in [-0.3, -0.25) is 67.3 Å². The molecule has 1 heterocycles. The number of carboxylic acids is 2. The molecule has 0 radical (unpaired) electrons. The maximum Gasteiger partial charge on any atom is 0.326 e. The second-order valence-corrected chi connectivity index (χ2v) is 27.3. The normalized spacial score (nSPS) is 14.8. The number of hydrogen-bond acceptors (Lipinski definition) is 19. The van der Waals surface area contributed by atoms with Crippen LogP contribution in [0.3, 0.4) is 0 Å². The lowest BCUT2D eigenvalue weighted by molar-refractivity contribution is -0.142. The number of carbonyl (C=O) groups excluding carboxylic acids is 12. The van der Waals surface area contributed by atoms with E-state index in [9.17, 15) is 87.5 Å². The molecule has 36 nitrogen and oxygen atoms in total. The number of para-hydroxylation sites is 1. The molecule has 26 N–H and O–H groups in total. The third-order valence-corrected chi connectivity index (χ3v) is 17.1. The number of nitrogens with one attached hydrogen (secondary N) is 12. The lowest BCUT2D eigenvalue weighted by atomic mass is 9.99. The highest BCUT2D eigenvalue weighted by Crippen LogP contribution is 2.21. The number of carboxylic acid groups (broad SMARTS) is 2. The minimum Gasteiger partial charge on any atom is -0.508 e. The van der Waals surface area contributed by atoms with Crippen LogP contribution in [0.4, 0.5) is 0 Å². The zero-order valence-corrected chi connectivity index (χ0v) is 61.7. The summed E-state index contributed by atoms with van der Waals surface area (Å²) in [5.41, 5.74) is 30.0. The predicted molar refractivity (Wildman–Crippen MR) is 396 cm³/mol. The van der Waals surface area contributed by atoms with E-state index in [1.54, 1.807) is 88.5 Å². The monoisotopic (exact) mass is 1510 g/mol. The Hall–Kier alpha value is -11.3. The van der Waals surface area contributed by atoms with Gasteiger partial charge in [0.05, 0.1) is 12.5 Å². The Morgan fingerprint density at radius 1 is 0.454 bits per heavy atom. The van der Waals surface area contributed by atoms with Gasteiger partial charge in [-0.1, -0.05) is 88.4 Å². The fraction of sp³-hybridized carbons (Fsp3) is 0.514. The van der Waals surface area contributed by atoms with E-state index in [2.05, 4.69) is 68.5 Å². The lowest BCUT2D eigenvalue weighted by Crippen LogP contribution is -2.61. The number of benzene rings is 3. The number of aromatic amines is 1. The molecule has 0 aliphatic rings. The van der Waals surface area contributed by atoms with E-state index >= 15 is 0 Å². The maximum absolute atomic E-state index is 14.7. The number of phenols is 1. The summed E-state index contributed by atoms with van der Waals surface area (Å²) in [5, 5.41) is 68.4. The molecule has 4 aromatic rings. The van der Waals surface area contributed by atoms with E-state index in [1.165, 1.54) is 45.0 Å². The number of aliphatic hydroxyl groups excluding tert-OH is 1. The summed E-state index contributed by atoms with van der Waals surface area (Å²) in [6, 6.07) is 2.45. The molecule has 3 aromatic carbocycles. The van der Waals surface area contributed by atoms with Crippen LogP contribution in [0.1, 0.15) is 129 Å². The fourth-order valence-electron chi connectivity index (χ4n) is 11.2. The minimum absolute atomic E-state index is 0.00827. The van der Waals surface area contributed by atoms with Crippen LogP contribution in [-0.2, 0) is 86.4 Å². The Balaban J connectivity index is 1.62. The number of nitrogens with two attached hydrogens (primary N) is 5. The van der Waals surface area contributed by atoms with Crippen LogP contribution in [0, 0.1) is 11.8 Å². The van der Waals surface area contributed by atoms with Crippen molar-refractivity contribution in [3.63, 3.8) is 0 Å². The molecule has 0 aliphatic carbocycles. The minimum atomic E-state index is -1.89. The first-order chi connectivity index (χ1) is 51.0. The molecule has 0 bridgehead atoms. The van der Waals surface area contributed by atoms with Gasteiger partial charge in [0.15, 0.2) is 5.96 Å². The molecule has 108 heavy (non-hydrogen) atoms. The number of unbranched alkanes of at least 4 members (excludes halogenated alkanes) is 1. The van der Waals surface area contributed by atoms with Gasteiger partial charge in [0.1, 0.15) is 78.3 Å². The van der Waals surface area contributed by atoms with Gasteiger partial charge in [0, 0.05) is 49.3 Å². The maximum atomic E-state index is 14.7. The second kappa shape index (κ2) is 44.6. The highest BCUT2D eigenvalue weighted by atomic mass is 16.4. The number of aromatic hydroxyl groups is 1. The van der Waals surface area contributed by atoms with Gasteiger partial charge in [-0.15, -0.1) is 0 Å². The van der Waals surface area contributed by atoms with Crippen molar-refractivity contribution in [2.45, 2.75) is 211 Å². The number of aliphatic hydroxyl groups is 1. The van der Waals surface area contributed by atoms with Gasteiger partial charge >= 0.3 is 11.9 Å². The summed E-state index contributed by atoms with van der Waals surface area (Å²) < 4.78 is 0. The number of phenolic OH excluding ortho intramolecular Hbond substituents is 1. The van der Waals surface area contributed by atoms with Crippen molar-refractivity contribution >= 4 is 99.7 Å². The zero-order chi connectivity index (χ0) is 80.5. The van der Waals surface area contributed by atoms with Crippen molar-refractivity contribution < 1.29 is 87.5 Å². The van der Waals surface area contributed by atoms with E-state index in [4.69, 9.17) is 28.7 Å². The van der Waals surface area contributed by atoms with Crippen LogP contribution >= 0.6 is 0 Å². The number of amides is 12. The largest absolute Gasteiger partial charge is 0.508 e. The Morgan fingerprint density at radius 3 is 1.37 bits per heavy atom. The molecule has 0 unspecified atom stereocenters. The van der Waals surface area contributed by atoms with Gasteiger partial charge in [-0.2, -0.15) is 0 Å². The van der Waals surface area contributed by atoms with Gasteiger partial charge < -0.3 is 113 Å². The molecular formula is C72H106N18O18. The summed E-state index contributed by atoms with van der Waals surface area (Å²) in [4.78, 5) is 200. The molecule has 0 spiro atoms. The molecule has 592 valence electrons. The lowest BCUT2D eigenvalue weighted by Gasteiger charge is -2.29. The van der Waals surface area contributed by atoms with E-state index in [0.29, 0.717) is 34.0 Å². The standard InChI is InChI=1S/C72H106N18O18/c1-37(2)30-51(65(101)84-50(71(107)108)21-15-29-78-72(76)77)88-66(102)52(31-38(3)4)87-62(98)48(20-13-14-28-73)82-63(99)49(26-27-58(94)95)83-67(103)54(32-42-16-9-8-10-17-42)90-69(105)56(35-57(74)93)86-60(96)39(5)80-64(100)53(33-43-22-24-45(92)25-23-43)89-68(104)55(34-44-36-79-47-19-12-11-18-46(44)47)85-61(97)40(6)81-70(106)59(75)41(7)91/h8-12,16-19,22-25,36-41,48-56,59,79,91-92H,13-15,20-21,26-35,73,75H2,1-7H3,(H2,74,93)(H,80,100)(H,81,106)(H,82,99)(H,83,103)(H,84,101)(H,85,97)(H,86,96)(H,87,98)(H,88,102)(H,89,104)(H,90,105)(H,94,95)(H,107,108)(H4,76,77,78)/t39-,40-,41+,48-,49-,50-,51-,52-,53-,54-,55-,56-,59-/m0/s1. The number of aliphatic carboxylic acids is 2. The number of guanidine groups is 1. The van der Waals surface area contributed by atoms with Gasteiger partial charge in [0.2, 0.25) is 70.9 Å². The van der Waals surface area contributed by atoms with Crippen LogP contribution in [0.25, 0.3) is 10.9 Å². The quantitative estimate of drug-likeness (QED) is 0.0120. The van der Waals surface area contributed by atoms with Crippen LogP contribution in [0.15, 0.2) is 90.1 Å². The summed E-state index contributed by atoms with van der Waals surface area (Å²) in [6.45, 7) is 11.1. The van der Waals surface area contributed by atoms with Gasteiger partial charge in [-0.25, -0.2) is 4.79 Å². The van der Waals surface area contributed by atoms with E-state index in [1.807, 2.05) is 0 Å². The molecule has 4 rings (SSSR count). The number of fused-ring (bicyclic) bond motifs is 1. The Kier molecular flexibility index (Phi) is 36.8. The van der Waals surface area contributed by atoms with Crippen molar-refractivity contribution in [3.05, 3.63) is 102 Å². The summed E-state index contributed by atoms with van der Waals surface area (Å²) in [5.74, 6) is -15.4. The SMILES string of the molecule is CC(C)C[C@H](NC(=O)[C@H](CC(C)C)NC(=O)[C@H](CCCCN)NC(=O)[C@H](CCC(=O)O)NC(=O)[C@H](Cc1ccccc1)NC(=O)[C@H](CC(N)=O)NC(=O)[C@H](C)NC(=O)[C@H](Cc1ccc(O)cc1)NC(=O)[C@H](Cc1c[nH]c2ccccc12)NC(=O)[C@H](C)NC(=O)[C@@H](N)[C@@H](C)O)C(=O)N[C@@H](CCCN=C(N)N)C(=O)O. The molecule has 0 fully saturated rings. The molecule has 0 saturated heterocycles.